The summed E-state index contributed by atoms with van der Waals surface area (Å²) in [5.41, 5.74) is 2.78. The van der Waals surface area contributed by atoms with E-state index in [1.54, 1.807) is 43.4 Å². The van der Waals surface area contributed by atoms with Crippen molar-refractivity contribution in [1.82, 2.24) is 20.2 Å². The summed E-state index contributed by atoms with van der Waals surface area (Å²) in [5.74, 6) is -0.205. The lowest BCUT2D eigenvalue weighted by Gasteiger charge is -2.24. The van der Waals surface area contributed by atoms with Crippen LogP contribution in [0.1, 0.15) is 22.3 Å². The number of nitrogens with zero attached hydrogens (tertiary/aromatic N) is 3. The van der Waals surface area contributed by atoms with Gasteiger partial charge in [-0.2, -0.15) is 4.98 Å². The average Bonchev–Trinajstić information content (AvgIpc) is 2.88. The molecule has 0 saturated carbocycles. The SMILES string of the molecule is Cc1c(CNC(=O)O)ccc2nc(N[C@@H](Cc3ccccc3)C(=O)N(C)Cc3cccnc3)oc(=O)c12. The molecule has 0 fully saturated rings. The van der Waals surface area contributed by atoms with Crippen LogP contribution in [0, 0.1) is 6.92 Å². The number of carbonyl (C=O) groups is 2. The highest BCUT2D eigenvalue weighted by atomic mass is 16.4. The molecule has 2 amide bonds. The van der Waals surface area contributed by atoms with Gasteiger partial charge in [-0.3, -0.25) is 9.78 Å². The van der Waals surface area contributed by atoms with Crippen molar-refractivity contribution in [3.63, 3.8) is 0 Å². The molecule has 10 heteroatoms. The van der Waals surface area contributed by atoms with E-state index in [0.717, 1.165) is 11.1 Å². The molecule has 3 N–H and O–H groups in total. The number of aromatic nitrogens is 2. The van der Waals surface area contributed by atoms with Crippen molar-refractivity contribution in [2.45, 2.75) is 32.5 Å². The number of carbonyl (C=O) groups excluding carboxylic acids is 1. The number of benzene rings is 2. The zero-order valence-electron chi connectivity index (χ0n) is 20.5. The summed E-state index contributed by atoms with van der Waals surface area (Å²) in [6, 6.07) is 15.7. The summed E-state index contributed by atoms with van der Waals surface area (Å²) in [6.07, 6.45) is 2.56. The van der Waals surface area contributed by atoms with Gasteiger partial charge in [-0.25, -0.2) is 9.59 Å². The van der Waals surface area contributed by atoms with Gasteiger partial charge in [0.15, 0.2) is 0 Å². The lowest BCUT2D eigenvalue weighted by atomic mass is 10.0. The normalized spacial score (nSPS) is 11.6. The van der Waals surface area contributed by atoms with Crippen molar-refractivity contribution in [3.05, 3.63) is 99.7 Å². The third kappa shape index (κ3) is 6.29. The third-order valence-corrected chi connectivity index (χ3v) is 6.00. The fraction of sp³-hybridized carbons (Fsp3) is 0.222. The molecular formula is C27H27N5O5. The third-order valence-electron chi connectivity index (χ3n) is 6.00. The number of carboxylic acid groups (broad SMARTS) is 1. The van der Waals surface area contributed by atoms with Crippen molar-refractivity contribution in [2.24, 2.45) is 0 Å². The van der Waals surface area contributed by atoms with Gasteiger partial charge in [0.25, 0.3) is 6.01 Å². The van der Waals surface area contributed by atoms with Gasteiger partial charge < -0.3 is 25.1 Å². The summed E-state index contributed by atoms with van der Waals surface area (Å²) in [5, 5.41) is 14.5. The van der Waals surface area contributed by atoms with Gasteiger partial charge in [0, 0.05) is 39.0 Å². The molecule has 37 heavy (non-hydrogen) atoms. The number of fused-ring (bicyclic) bond motifs is 1. The fourth-order valence-electron chi connectivity index (χ4n) is 4.09. The Bertz CT molecular complexity index is 1460. The van der Waals surface area contributed by atoms with Gasteiger partial charge in [-0.15, -0.1) is 0 Å². The maximum atomic E-state index is 13.5. The molecule has 10 nitrogen and oxygen atoms in total. The summed E-state index contributed by atoms with van der Waals surface area (Å²) < 4.78 is 5.47. The van der Waals surface area contributed by atoms with E-state index >= 15 is 0 Å². The zero-order valence-corrected chi connectivity index (χ0v) is 20.5. The highest BCUT2D eigenvalue weighted by molar-refractivity contribution is 5.85. The molecule has 4 rings (SSSR count). The summed E-state index contributed by atoms with van der Waals surface area (Å²) in [6.45, 7) is 2.12. The van der Waals surface area contributed by atoms with Crippen LogP contribution in [0.2, 0.25) is 0 Å². The first-order chi connectivity index (χ1) is 17.8. The van der Waals surface area contributed by atoms with Crippen LogP contribution in [0.4, 0.5) is 10.8 Å². The summed E-state index contributed by atoms with van der Waals surface area (Å²) in [7, 11) is 1.70. The molecule has 0 spiro atoms. The Kier molecular flexibility index (Phi) is 7.77. The number of nitrogens with one attached hydrogen (secondary N) is 2. The number of hydrogen-bond acceptors (Lipinski definition) is 7. The minimum atomic E-state index is -1.16. The highest BCUT2D eigenvalue weighted by Crippen LogP contribution is 2.20. The Hall–Kier alpha value is -4.73. The van der Waals surface area contributed by atoms with Gasteiger partial charge in [0.1, 0.15) is 6.04 Å². The number of hydrogen-bond donors (Lipinski definition) is 3. The number of aryl methyl sites for hydroxylation is 1. The van der Waals surface area contributed by atoms with Crippen molar-refractivity contribution in [1.29, 1.82) is 0 Å². The summed E-state index contributed by atoms with van der Waals surface area (Å²) >= 11 is 0. The Balaban J connectivity index is 1.62. The van der Waals surface area contributed by atoms with Crippen molar-refractivity contribution < 1.29 is 19.1 Å². The molecule has 0 radical (unpaired) electrons. The first-order valence-corrected chi connectivity index (χ1v) is 11.7. The Morgan fingerprint density at radius 2 is 1.84 bits per heavy atom. The quantitative estimate of drug-likeness (QED) is 0.318. The molecule has 4 aromatic rings. The van der Waals surface area contributed by atoms with Crippen molar-refractivity contribution in [3.8, 4) is 0 Å². The number of pyridine rings is 1. The summed E-state index contributed by atoms with van der Waals surface area (Å²) in [4.78, 5) is 47.4. The topological polar surface area (TPSA) is 138 Å². The molecule has 2 aromatic carbocycles. The predicted molar refractivity (Wildman–Crippen MR) is 138 cm³/mol. The molecule has 0 aliphatic heterocycles. The second-order valence-corrected chi connectivity index (χ2v) is 8.65. The van der Waals surface area contributed by atoms with Crippen LogP contribution in [0.25, 0.3) is 10.9 Å². The fourth-order valence-corrected chi connectivity index (χ4v) is 4.09. The van der Waals surface area contributed by atoms with E-state index in [2.05, 4.69) is 20.6 Å². The number of amides is 2. The molecule has 0 saturated heterocycles. The molecule has 0 bridgehead atoms. The smallest absolute Gasteiger partial charge is 0.404 e. The van der Waals surface area contributed by atoms with E-state index in [1.165, 1.54) is 0 Å². The lowest BCUT2D eigenvalue weighted by Crippen LogP contribution is -2.42. The number of rotatable bonds is 9. The highest BCUT2D eigenvalue weighted by Gasteiger charge is 2.25. The van der Waals surface area contributed by atoms with Crippen LogP contribution in [-0.4, -0.2) is 45.1 Å². The standard InChI is InChI=1S/C27H27N5O5/c1-17-20(15-29-27(35)36)10-11-21-23(17)25(34)37-26(30-21)31-22(13-18-7-4-3-5-8-18)24(33)32(2)16-19-9-6-12-28-14-19/h3-12,14,22,29H,13,15-16H2,1-2H3,(H,30,31)(H,35,36)/t22-/m0/s1. The molecule has 2 heterocycles. The maximum absolute atomic E-state index is 13.5. The minimum Gasteiger partial charge on any atom is -0.465 e. The van der Waals surface area contributed by atoms with Gasteiger partial charge >= 0.3 is 11.7 Å². The molecule has 190 valence electrons. The zero-order chi connectivity index (χ0) is 26.4. The van der Waals surface area contributed by atoms with Crippen LogP contribution < -0.4 is 16.3 Å². The maximum Gasteiger partial charge on any atom is 0.404 e. The van der Waals surface area contributed by atoms with Crippen molar-refractivity contribution in [2.75, 3.05) is 12.4 Å². The molecule has 0 aliphatic rings. The van der Waals surface area contributed by atoms with Crippen LogP contribution in [-0.2, 0) is 24.3 Å². The van der Waals surface area contributed by atoms with Gasteiger partial charge in [0.2, 0.25) is 5.91 Å². The Morgan fingerprint density at radius 3 is 2.54 bits per heavy atom. The Labute approximate surface area is 213 Å². The van der Waals surface area contributed by atoms with Gasteiger partial charge in [-0.1, -0.05) is 42.5 Å². The van der Waals surface area contributed by atoms with E-state index < -0.39 is 17.8 Å². The first-order valence-electron chi connectivity index (χ1n) is 11.7. The first kappa shape index (κ1) is 25.4. The monoisotopic (exact) mass is 501 g/mol. The van der Waals surface area contributed by atoms with E-state index in [1.807, 2.05) is 42.5 Å². The van der Waals surface area contributed by atoms with Crippen LogP contribution in [0.5, 0.6) is 0 Å². The van der Waals surface area contributed by atoms with Gasteiger partial charge in [0.05, 0.1) is 10.9 Å². The number of likely N-dealkylation sites (N-methyl/N-ethyl adjacent to an activating group) is 1. The second-order valence-electron chi connectivity index (χ2n) is 8.65. The molecule has 2 aromatic heterocycles. The van der Waals surface area contributed by atoms with Crippen LogP contribution >= 0.6 is 0 Å². The largest absolute Gasteiger partial charge is 0.465 e. The molecular weight excluding hydrogens is 474 g/mol. The average molecular weight is 502 g/mol. The van der Waals surface area contributed by atoms with E-state index in [-0.39, 0.29) is 23.9 Å². The van der Waals surface area contributed by atoms with Crippen molar-refractivity contribution >= 4 is 28.9 Å². The van der Waals surface area contributed by atoms with Gasteiger partial charge in [-0.05, 0) is 41.3 Å². The molecule has 1 atom stereocenters. The van der Waals surface area contributed by atoms with E-state index in [9.17, 15) is 14.4 Å². The minimum absolute atomic E-state index is 0.0491. The second kappa shape index (κ2) is 11.3. The Morgan fingerprint density at radius 1 is 1.08 bits per heavy atom. The van der Waals surface area contributed by atoms with Crippen LogP contribution in [0.15, 0.2) is 76.2 Å². The van der Waals surface area contributed by atoms with E-state index in [0.29, 0.717) is 29.6 Å². The predicted octanol–water partition coefficient (Wildman–Crippen LogP) is 3.34. The lowest BCUT2D eigenvalue weighted by molar-refractivity contribution is -0.131. The molecule has 0 aliphatic carbocycles. The number of anilines is 1. The molecule has 0 unspecified atom stereocenters. The van der Waals surface area contributed by atoms with Crippen LogP contribution in [0.3, 0.4) is 0 Å². The van der Waals surface area contributed by atoms with E-state index in [4.69, 9.17) is 9.52 Å².